The molecule has 11 nitrogen and oxygen atoms in total. The van der Waals surface area contributed by atoms with Crippen LogP contribution in [0, 0.1) is 10.1 Å². The number of carbonyl (C=O) groups is 1. The number of aromatic nitrogens is 1. The van der Waals surface area contributed by atoms with Gasteiger partial charge in [-0.25, -0.2) is 9.79 Å². The quantitative estimate of drug-likeness (QED) is 0.112. The van der Waals surface area contributed by atoms with Gasteiger partial charge in [0.1, 0.15) is 29.6 Å². The Morgan fingerprint density at radius 1 is 1.21 bits per heavy atom. The molecule has 12 heteroatoms. The van der Waals surface area contributed by atoms with Gasteiger partial charge in [0.25, 0.3) is 11.2 Å². The minimum absolute atomic E-state index is 0.116. The summed E-state index contributed by atoms with van der Waals surface area (Å²) in [5.41, 5.74) is 1.29. The minimum Gasteiger partial charge on any atom is -0.496 e. The highest BCUT2D eigenvalue weighted by Crippen LogP contribution is 2.35. The number of nitro groups is 1. The third-order valence-corrected chi connectivity index (χ3v) is 7.62. The van der Waals surface area contributed by atoms with Crippen LogP contribution < -0.4 is 24.4 Å². The summed E-state index contributed by atoms with van der Waals surface area (Å²) < 4.78 is 24.1. The molecule has 1 aliphatic heterocycles. The molecule has 0 amide bonds. The third kappa shape index (κ3) is 5.77. The van der Waals surface area contributed by atoms with Gasteiger partial charge in [-0.05, 0) is 49.7 Å². The number of esters is 1. The zero-order chi connectivity index (χ0) is 30.7. The van der Waals surface area contributed by atoms with Gasteiger partial charge in [0.2, 0.25) is 0 Å². The van der Waals surface area contributed by atoms with Gasteiger partial charge in [-0.15, -0.1) is 0 Å². The van der Waals surface area contributed by atoms with Crippen molar-refractivity contribution in [2.45, 2.75) is 19.9 Å². The molecule has 43 heavy (non-hydrogen) atoms. The summed E-state index contributed by atoms with van der Waals surface area (Å²) in [5, 5.41) is 11.3. The second-order valence-electron chi connectivity index (χ2n) is 9.31. The maximum atomic E-state index is 13.9. The molecule has 0 spiro atoms. The fourth-order valence-corrected chi connectivity index (χ4v) is 5.74. The second kappa shape index (κ2) is 12.3. The number of methoxy groups -OCH3 is 1. The highest BCUT2D eigenvalue weighted by Gasteiger charge is 2.33. The van der Waals surface area contributed by atoms with Crippen LogP contribution in [0.4, 0.5) is 5.69 Å². The van der Waals surface area contributed by atoms with Gasteiger partial charge >= 0.3 is 5.97 Å². The van der Waals surface area contributed by atoms with Gasteiger partial charge in [-0.1, -0.05) is 36.1 Å². The number of non-ortho nitro benzene ring substituents is 1. The summed E-state index contributed by atoms with van der Waals surface area (Å²) >= 11 is 1.15. The van der Waals surface area contributed by atoms with Crippen LogP contribution in [0.3, 0.4) is 0 Å². The molecule has 5 rings (SSSR count). The summed E-state index contributed by atoms with van der Waals surface area (Å²) in [6.07, 6.45) is 3.21. The molecule has 2 aromatic heterocycles. The van der Waals surface area contributed by atoms with E-state index in [4.69, 9.17) is 18.6 Å². The first-order valence-corrected chi connectivity index (χ1v) is 14.0. The molecule has 2 aromatic carbocycles. The van der Waals surface area contributed by atoms with Crippen molar-refractivity contribution in [1.82, 2.24) is 4.57 Å². The first kappa shape index (κ1) is 29.3. The van der Waals surface area contributed by atoms with Crippen LogP contribution in [-0.2, 0) is 9.53 Å². The van der Waals surface area contributed by atoms with Crippen molar-refractivity contribution in [3.8, 4) is 22.8 Å². The number of nitrogens with zero attached hydrogens (tertiary/aromatic N) is 3. The molecular weight excluding hydrogens is 574 g/mol. The van der Waals surface area contributed by atoms with Gasteiger partial charge in [0.05, 0.1) is 46.0 Å². The summed E-state index contributed by atoms with van der Waals surface area (Å²) in [4.78, 5) is 42.8. The number of allylic oxidation sites excluding steroid dienone is 1. The zero-order valence-electron chi connectivity index (χ0n) is 23.6. The lowest BCUT2D eigenvalue weighted by Crippen LogP contribution is -2.39. The van der Waals surface area contributed by atoms with E-state index in [-0.39, 0.29) is 23.4 Å². The van der Waals surface area contributed by atoms with E-state index in [1.165, 1.54) is 29.9 Å². The highest BCUT2D eigenvalue weighted by atomic mass is 32.1. The first-order chi connectivity index (χ1) is 20.7. The number of hydrogen-bond acceptors (Lipinski definition) is 10. The van der Waals surface area contributed by atoms with E-state index < -0.39 is 16.9 Å². The fraction of sp³-hybridized carbons (Fsp3) is 0.194. The number of hydrogen-bond donors (Lipinski definition) is 0. The van der Waals surface area contributed by atoms with E-state index in [1.807, 2.05) is 0 Å². The van der Waals surface area contributed by atoms with Gasteiger partial charge in [-0.3, -0.25) is 19.5 Å². The highest BCUT2D eigenvalue weighted by molar-refractivity contribution is 7.07. The molecule has 0 saturated heterocycles. The number of benzene rings is 2. The van der Waals surface area contributed by atoms with E-state index in [0.717, 1.165) is 11.3 Å². The smallest absolute Gasteiger partial charge is 0.338 e. The lowest BCUT2D eigenvalue weighted by molar-refractivity contribution is -0.384. The number of thiazole rings is 1. The Hall–Kier alpha value is -5.23. The Balaban J connectivity index is 1.60. The van der Waals surface area contributed by atoms with E-state index >= 15 is 0 Å². The first-order valence-electron chi connectivity index (χ1n) is 13.2. The van der Waals surface area contributed by atoms with Gasteiger partial charge in [0, 0.05) is 18.2 Å². The number of fused-ring (bicyclic) bond motifs is 1. The lowest BCUT2D eigenvalue weighted by Gasteiger charge is -2.24. The summed E-state index contributed by atoms with van der Waals surface area (Å²) in [6.45, 7) is 7.58. The van der Waals surface area contributed by atoms with E-state index in [0.29, 0.717) is 55.8 Å². The fourth-order valence-electron chi connectivity index (χ4n) is 4.71. The molecular formula is C31H27N3O8S. The van der Waals surface area contributed by atoms with Gasteiger partial charge in [0.15, 0.2) is 4.80 Å². The maximum Gasteiger partial charge on any atom is 0.338 e. The average molecular weight is 602 g/mol. The Kier molecular flexibility index (Phi) is 8.39. The molecule has 0 N–H and O–H groups in total. The van der Waals surface area contributed by atoms with Gasteiger partial charge in [-0.2, -0.15) is 0 Å². The van der Waals surface area contributed by atoms with Crippen molar-refractivity contribution >= 4 is 29.1 Å². The van der Waals surface area contributed by atoms with E-state index in [9.17, 15) is 19.7 Å². The molecule has 1 atom stereocenters. The standard InChI is InChI=1S/C31H27N3O8S/c1-5-15-41-21-10-7-19(8-11-21)28-27(30(36)40-6-2)18(3)32-31-33(28)29(35)26(43-31)17-22-12-14-25(42-22)23-16-20(34(37)38)9-13-24(23)39-4/h5,7-14,16-17,28H,1,6,15H2,2-4H3/b26-17-/t28-/m1/s1. The van der Waals surface area contributed by atoms with Crippen molar-refractivity contribution < 1.29 is 28.3 Å². The SMILES string of the molecule is C=CCOc1ccc([C@@H]2C(C(=O)OCC)=C(C)N=c3s/c(=C\c4ccc(-c5cc([N+](=O)[O-])ccc5OC)o4)c(=O)n32)cc1. The number of furan rings is 1. The lowest BCUT2D eigenvalue weighted by atomic mass is 9.96. The van der Waals surface area contributed by atoms with Crippen molar-refractivity contribution in [1.29, 1.82) is 0 Å². The molecule has 0 fully saturated rings. The monoisotopic (exact) mass is 601 g/mol. The minimum atomic E-state index is -0.785. The number of nitro benzene ring substituents is 1. The van der Waals surface area contributed by atoms with Crippen LogP contribution in [0.1, 0.15) is 31.2 Å². The summed E-state index contributed by atoms with van der Waals surface area (Å²) in [7, 11) is 1.46. The normalized spacial score (nSPS) is 14.6. The predicted octanol–water partition coefficient (Wildman–Crippen LogP) is 4.54. The van der Waals surface area contributed by atoms with Crippen molar-refractivity contribution in [3.63, 3.8) is 0 Å². The van der Waals surface area contributed by atoms with Crippen molar-refractivity contribution in [3.05, 3.63) is 120 Å². The maximum absolute atomic E-state index is 13.9. The zero-order valence-corrected chi connectivity index (χ0v) is 24.4. The average Bonchev–Trinajstić information content (AvgIpc) is 3.59. The molecule has 220 valence electrons. The molecule has 0 aliphatic carbocycles. The summed E-state index contributed by atoms with van der Waals surface area (Å²) in [6, 6.07) is 13.8. The van der Waals surface area contributed by atoms with Crippen LogP contribution in [-0.4, -0.2) is 35.8 Å². The van der Waals surface area contributed by atoms with E-state index in [2.05, 4.69) is 11.6 Å². The van der Waals surface area contributed by atoms with Crippen LogP contribution in [0.15, 0.2) is 92.7 Å². The molecule has 4 aromatic rings. The third-order valence-electron chi connectivity index (χ3n) is 6.64. The Labute approximate surface area is 249 Å². The molecule has 0 radical (unpaired) electrons. The predicted molar refractivity (Wildman–Crippen MR) is 160 cm³/mol. The Bertz CT molecular complexity index is 1930. The largest absolute Gasteiger partial charge is 0.496 e. The van der Waals surface area contributed by atoms with Crippen LogP contribution >= 0.6 is 11.3 Å². The second-order valence-corrected chi connectivity index (χ2v) is 10.3. The topological polar surface area (TPSA) is 135 Å². The van der Waals surface area contributed by atoms with Crippen LogP contribution in [0.5, 0.6) is 11.5 Å². The molecule has 1 aliphatic rings. The molecule has 0 bridgehead atoms. The van der Waals surface area contributed by atoms with Crippen molar-refractivity contribution in [2.24, 2.45) is 4.99 Å². The van der Waals surface area contributed by atoms with E-state index in [1.54, 1.807) is 62.4 Å². The van der Waals surface area contributed by atoms with Crippen LogP contribution in [0.2, 0.25) is 0 Å². The number of rotatable bonds is 10. The molecule has 3 heterocycles. The van der Waals surface area contributed by atoms with Gasteiger partial charge < -0.3 is 18.6 Å². The number of ether oxygens (including phenoxy) is 3. The van der Waals surface area contributed by atoms with Crippen molar-refractivity contribution in [2.75, 3.05) is 20.3 Å². The molecule has 0 unspecified atom stereocenters. The Morgan fingerprint density at radius 2 is 1.98 bits per heavy atom. The Morgan fingerprint density at radius 3 is 2.65 bits per heavy atom. The van der Waals surface area contributed by atoms with Crippen LogP contribution in [0.25, 0.3) is 17.4 Å². The molecule has 0 saturated carbocycles. The summed E-state index contributed by atoms with van der Waals surface area (Å²) in [5.74, 6) is 1.13. The number of carbonyl (C=O) groups excluding carboxylic acids is 1.